The van der Waals surface area contributed by atoms with Crippen molar-refractivity contribution in [3.63, 3.8) is 0 Å². The van der Waals surface area contributed by atoms with Crippen molar-refractivity contribution >= 4 is 11.3 Å². The molecule has 1 fully saturated rings. The third-order valence-corrected chi connectivity index (χ3v) is 4.51. The summed E-state index contributed by atoms with van der Waals surface area (Å²) in [6.45, 7) is 5.29. The molecule has 0 atom stereocenters. The summed E-state index contributed by atoms with van der Waals surface area (Å²) >= 11 is 1.93. The minimum atomic E-state index is 0.462. The molecule has 0 aromatic carbocycles. The van der Waals surface area contributed by atoms with Gasteiger partial charge in [-0.25, -0.2) is 0 Å². The van der Waals surface area contributed by atoms with Crippen LogP contribution in [-0.4, -0.2) is 6.54 Å². The van der Waals surface area contributed by atoms with Crippen molar-refractivity contribution in [3.05, 3.63) is 21.4 Å². The molecule has 2 rings (SSSR count). The van der Waals surface area contributed by atoms with E-state index in [1.165, 1.54) is 35.4 Å². The fraction of sp³-hybridized carbons (Fsp3) is 0.667. The molecule has 2 N–H and O–H groups in total. The Morgan fingerprint density at radius 3 is 2.50 bits per heavy atom. The standard InChI is InChI=1S/C12H19NS/c1-9-8-11(10(2)14-9)12(6-7-13)4-3-5-12/h8H,3-7,13H2,1-2H3. The fourth-order valence-electron chi connectivity index (χ4n) is 2.69. The Balaban J connectivity index is 2.31. The Bertz CT molecular complexity index is 323. The van der Waals surface area contributed by atoms with Crippen molar-refractivity contribution in [1.82, 2.24) is 0 Å². The minimum absolute atomic E-state index is 0.462. The van der Waals surface area contributed by atoms with E-state index in [-0.39, 0.29) is 0 Å². The van der Waals surface area contributed by atoms with Crippen LogP contribution in [0.2, 0.25) is 0 Å². The fourth-order valence-corrected chi connectivity index (χ4v) is 3.74. The maximum Gasteiger partial charge on any atom is 0.00546 e. The van der Waals surface area contributed by atoms with Crippen LogP contribution in [0.3, 0.4) is 0 Å². The monoisotopic (exact) mass is 209 g/mol. The highest BCUT2D eigenvalue weighted by Gasteiger charge is 2.39. The number of thiophene rings is 1. The molecule has 78 valence electrons. The summed E-state index contributed by atoms with van der Waals surface area (Å²) in [7, 11) is 0. The van der Waals surface area contributed by atoms with Crippen molar-refractivity contribution in [3.8, 4) is 0 Å². The lowest BCUT2D eigenvalue weighted by molar-refractivity contribution is 0.229. The van der Waals surface area contributed by atoms with Crippen LogP contribution in [0, 0.1) is 13.8 Å². The van der Waals surface area contributed by atoms with Gasteiger partial charge >= 0.3 is 0 Å². The predicted octanol–water partition coefficient (Wildman–Crippen LogP) is 3.14. The van der Waals surface area contributed by atoms with Gasteiger partial charge in [0.1, 0.15) is 0 Å². The molecule has 14 heavy (non-hydrogen) atoms. The number of aryl methyl sites for hydroxylation is 2. The summed E-state index contributed by atoms with van der Waals surface area (Å²) in [6, 6.07) is 2.38. The van der Waals surface area contributed by atoms with Crippen LogP contribution in [0.15, 0.2) is 6.07 Å². The van der Waals surface area contributed by atoms with E-state index in [1.54, 1.807) is 5.56 Å². The summed E-state index contributed by atoms with van der Waals surface area (Å²) in [5, 5.41) is 0. The lowest BCUT2D eigenvalue weighted by Gasteiger charge is -2.42. The number of rotatable bonds is 3. The summed E-state index contributed by atoms with van der Waals surface area (Å²) in [4.78, 5) is 2.96. The van der Waals surface area contributed by atoms with Gasteiger partial charge in [-0.15, -0.1) is 11.3 Å². The van der Waals surface area contributed by atoms with Gasteiger partial charge in [0.2, 0.25) is 0 Å². The van der Waals surface area contributed by atoms with Gasteiger partial charge in [-0.1, -0.05) is 6.42 Å². The molecule has 0 unspecified atom stereocenters. The molecule has 0 aliphatic heterocycles. The zero-order chi connectivity index (χ0) is 10.2. The molecule has 0 spiro atoms. The largest absolute Gasteiger partial charge is 0.330 e. The molecule has 0 bridgehead atoms. The van der Waals surface area contributed by atoms with Crippen molar-refractivity contribution in [2.75, 3.05) is 6.54 Å². The normalized spacial score (nSPS) is 19.4. The van der Waals surface area contributed by atoms with E-state index in [2.05, 4.69) is 19.9 Å². The number of hydrogen-bond acceptors (Lipinski definition) is 2. The first-order valence-corrected chi connectivity index (χ1v) is 6.27. The average Bonchev–Trinajstić information content (AvgIpc) is 2.38. The predicted molar refractivity (Wildman–Crippen MR) is 63.0 cm³/mol. The molecule has 1 aliphatic carbocycles. The van der Waals surface area contributed by atoms with E-state index < -0.39 is 0 Å². The number of hydrogen-bond donors (Lipinski definition) is 1. The SMILES string of the molecule is Cc1cc(C2(CCN)CCC2)c(C)s1. The minimum Gasteiger partial charge on any atom is -0.330 e. The third kappa shape index (κ3) is 1.51. The van der Waals surface area contributed by atoms with Crippen LogP contribution in [-0.2, 0) is 5.41 Å². The van der Waals surface area contributed by atoms with Crippen molar-refractivity contribution in [1.29, 1.82) is 0 Å². The van der Waals surface area contributed by atoms with Gasteiger partial charge in [-0.3, -0.25) is 0 Å². The lowest BCUT2D eigenvalue weighted by atomic mass is 9.62. The molecule has 0 amide bonds. The number of nitrogens with two attached hydrogens (primary N) is 1. The summed E-state index contributed by atoms with van der Waals surface area (Å²) < 4.78 is 0. The Morgan fingerprint density at radius 2 is 2.14 bits per heavy atom. The van der Waals surface area contributed by atoms with Crippen LogP contribution < -0.4 is 5.73 Å². The first-order valence-electron chi connectivity index (χ1n) is 5.45. The van der Waals surface area contributed by atoms with Crippen molar-refractivity contribution in [2.24, 2.45) is 5.73 Å². The van der Waals surface area contributed by atoms with Crippen molar-refractivity contribution in [2.45, 2.75) is 44.9 Å². The molecule has 1 heterocycles. The maximum absolute atomic E-state index is 5.72. The van der Waals surface area contributed by atoms with Gasteiger partial charge in [0.15, 0.2) is 0 Å². The van der Waals surface area contributed by atoms with Gasteiger partial charge in [0.25, 0.3) is 0 Å². The molecule has 1 nitrogen and oxygen atoms in total. The Morgan fingerprint density at radius 1 is 1.43 bits per heavy atom. The van der Waals surface area contributed by atoms with E-state index in [0.29, 0.717) is 5.41 Å². The van der Waals surface area contributed by atoms with E-state index in [4.69, 9.17) is 5.73 Å². The van der Waals surface area contributed by atoms with Crippen LogP contribution in [0.5, 0.6) is 0 Å². The molecular formula is C12H19NS. The Hall–Kier alpha value is -0.340. The van der Waals surface area contributed by atoms with Gasteiger partial charge in [-0.2, -0.15) is 0 Å². The molecule has 1 aliphatic rings. The zero-order valence-corrected chi connectivity index (χ0v) is 9.91. The summed E-state index contributed by atoms with van der Waals surface area (Å²) in [6.07, 6.45) is 5.25. The first-order chi connectivity index (χ1) is 6.68. The van der Waals surface area contributed by atoms with Gasteiger partial charge in [0.05, 0.1) is 0 Å². The van der Waals surface area contributed by atoms with E-state index >= 15 is 0 Å². The van der Waals surface area contributed by atoms with Gasteiger partial charge < -0.3 is 5.73 Å². The smallest absolute Gasteiger partial charge is 0.00546 e. The van der Waals surface area contributed by atoms with Crippen molar-refractivity contribution < 1.29 is 0 Å². The third-order valence-electron chi connectivity index (χ3n) is 3.55. The van der Waals surface area contributed by atoms with Gasteiger partial charge in [0, 0.05) is 9.75 Å². The average molecular weight is 209 g/mol. The quantitative estimate of drug-likeness (QED) is 0.813. The molecule has 1 aromatic rings. The van der Waals surface area contributed by atoms with Crippen LogP contribution in [0.25, 0.3) is 0 Å². The Labute approximate surface area is 90.3 Å². The van der Waals surface area contributed by atoms with Crippen LogP contribution in [0.4, 0.5) is 0 Å². The lowest BCUT2D eigenvalue weighted by Crippen LogP contribution is -2.36. The summed E-state index contributed by atoms with van der Waals surface area (Å²) in [5.74, 6) is 0. The van der Waals surface area contributed by atoms with Crippen LogP contribution in [0.1, 0.15) is 41.0 Å². The zero-order valence-electron chi connectivity index (χ0n) is 9.10. The molecular weight excluding hydrogens is 190 g/mol. The highest BCUT2D eigenvalue weighted by Crippen LogP contribution is 2.48. The maximum atomic E-state index is 5.72. The van der Waals surface area contributed by atoms with E-state index in [1.807, 2.05) is 11.3 Å². The molecule has 0 radical (unpaired) electrons. The Kier molecular flexibility index (Phi) is 2.67. The molecule has 1 saturated carbocycles. The van der Waals surface area contributed by atoms with E-state index in [0.717, 1.165) is 6.54 Å². The summed E-state index contributed by atoms with van der Waals surface area (Å²) in [5.41, 5.74) is 7.78. The highest BCUT2D eigenvalue weighted by molar-refractivity contribution is 7.12. The first kappa shape index (κ1) is 10.2. The highest BCUT2D eigenvalue weighted by atomic mass is 32.1. The molecule has 1 aromatic heterocycles. The van der Waals surface area contributed by atoms with Gasteiger partial charge in [-0.05, 0) is 56.7 Å². The van der Waals surface area contributed by atoms with Crippen LogP contribution >= 0.6 is 11.3 Å². The molecule has 2 heteroatoms. The second-order valence-electron chi connectivity index (χ2n) is 4.50. The second-order valence-corrected chi connectivity index (χ2v) is 5.96. The van der Waals surface area contributed by atoms with E-state index in [9.17, 15) is 0 Å². The second kappa shape index (κ2) is 3.67. The molecule has 0 saturated heterocycles. The topological polar surface area (TPSA) is 26.0 Å².